The normalized spacial score (nSPS) is 18.1. The Hall–Kier alpha value is -1.03. The van der Waals surface area contributed by atoms with Crippen molar-refractivity contribution in [2.24, 2.45) is 5.92 Å². The van der Waals surface area contributed by atoms with E-state index in [-0.39, 0.29) is 12.5 Å². The Bertz CT molecular complexity index is 400. The summed E-state index contributed by atoms with van der Waals surface area (Å²) in [4.78, 5) is 14.5. The molecule has 1 aromatic carbocycles. The van der Waals surface area contributed by atoms with Gasteiger partial charge in [-0.15, -0.1) is 0 Å². The van der Waals surface area contributed by atoms with Crippen LogP contribution in [-0.2, 0) is 4.79 Å². The maximum absolute atomic E-state index is 12.0. The summed E-state index contributed by atoms with van der Waals surface area (Å²) in [5, 5.41) is 0. The summed E-state index contributed by atoms with van der Waals surface area (Å²) in [6.07, 6.45) is 2.15. The highest BCUT2D eigenvalue weighted by molar-refractivity contribution is 9.09. The molecule has 0 spiro atoms. The lowest BCUT2D eigenvalue weighted by Crippen LogP contribution is -2.42. The molecule has 0 aromatic heterocycles. The van der Waals surface area contributed by atoms with Gasteiger partial charge in [0.15, 0.2) is 6.61 Å². The van der Waals surface area contributed by atoms with E-state index in [1.807, 2.05) is 35.2 Å². The molecule has 1 aromatic rings. The molecule has 1 unspecified atom stereocenters. The Morgan fingerprint density at radius 2 is 2.00 bits per heavy atom. The van der Waals surface area contributed by atoms with Gasteiger partial charge in [-0.3, -0.25) is 4.79 Å². The number of halogens is 1. The number of nitrogens with zero attached hydrogens (tertiary/aromatic N) is 1. The zero-order valence-electron chi connectivity index (χ0n) is 11.2. The maximum atomic E-state index is 12.0. The number of piperidine rings is 1. The van der Waals surface area contributed by atoms with Crippen molar-refractivity contribution < 1.29 is 9.53 Å². The Kier molecular flexibility index (Phi) is 5.25. The van der Waals surface area contributed by atoms with E-state index in [0.29, 0.717) is 10.7 Å². The first-order chi connectivity index (χ1) is 9.16. The molecule has 1 fully saturated rings. The number of benzene rings is 1. The zero-order chi connectivity index (χ0) is 13.7. The van der Waals surface area contributed by atoms with E-state index in [9.17, 15) is 4.79 Å². The number of ether oxygens (including phenoxy) is 1. The minimum Gasteiger partial charge on any atom is -0.484 e. The summed E-state index contributed by atoms with van der Waals surface area (Å²) < 4.78 is 5.49. The molecule has 0 radical (unpaired) electrons. The summed E-state index contributed by atoms with van der Waals surface area (Å²) in [5.41, 5.74) is 0. The quantitative estimate of drug-likeness (QED) is 0.796. The Morgan fingerprint density at radius 3 is 2.58 bits per heavy atom. The fourth-order valence-corrected chi connectivity index (χ4v) is 2.89. The van der Waals surface area contributed by atoms with Gasteiger partial charge in [-0.2, -0.15) is 0 Å². The summed E-state index contributed by atoms with van der Waals surface area (Å²) in [5.74, 6) is 1.52. The third-order valence-corrected chi connectivity index (χ3v) is 4.40. The molecule has 0 bridgehead atoms. The summed E-state index contributed by atoms with van der Waals surface area (Å²) >= 11 is 3.63. The lowest BCUT2D eigenvalue weighted by atomic mass is 9.94. The highest BCUT2D eigenvalue weighted by Crippen LogP contribution is 2.25. The van der Waals surface area contributed by atoms with Crippen LogP contribution < -0.4 is 4.74 Å². The lowest BCUT2D eigenvalue weighted by Gasteiger charge is -2.33. The molecule has 19 heavy (non-hydrogen) atoms. The Labute approximate surface area is 123 Å². The van der Waals surface area contributed by atoms with Crippen molar-refractivity contribution in [3.8, 4) is 5.75 Å². The van der Waals surface area contributed by atoms with E-state index in [4.69, 9.17) is 4.74 Å². The molecule has 2 rings (SSSR count). The maximum Gasteiger partial charge on any atom is 0.260 e. The van der Waals surface area contributed by atoms with E-state index >= 15 is 0 Å². The number of amides is 1. The van der Waals surface area contributed by atoms with E-state index < -0.39 is 0 Å². The predicted octanol–water partition coefficient (Wildman–Crippen LogP) is 3.09. The Morgan fingerprint density at radius 1 is 1.37 bits per heavy atom. The molecule has 0 aliphatic carbocycles. The second-order valence-corrected chi connectivity index (χ2v) is 6.44. The van der Waals surface area contributed by atoms with Gasteiger partial charge in [0.1, 0.15) is 5.75 Å². The van der Waals surface area contributed by atoms with Crippen LogP contribution in [-0.4, -0.2) is 35.3 Å². The van der Waals surface area contributed by atoms with Gasteiger partial charge >= 0.3 is 0 Å². The molecule has 4 heteroatoms. The first-order valence-corrected chi connectivity index (χ1v) is 7.68. The van der Waals surface area contributed by atoms with Gasteiger partial charge < -0.3 is 9.64 Å². The van der Waals surface area contributed by atoms with Crippen molar-refractivity contribution in [3.05, 3.63) is 30.3 Å². The minimum absolute atomic E-state index is 0.0875. The molecular formula is C15H20BrNO2. The van der Waals surface area contributed by atoms with Gasteiger partial charge in [-0.25, -0.2) is 0 Å². The number of hydrogen-bond donors (Lipinski definition) is 0. The topological polar surface area (TPSA) is 29.5 Å². The third-order valence-electron chi connectivity index (χ3n) is 3.65. The van der Waals surface area contributed by atoms with Crippen LogP contribution in [0.5, 0.6) is 5.75 Å². The standard InChI is InChI=1S/C15H20BrNO2/c1-12(16)13-7-9-17(10-8-13)15(18)11-19-14-5-3-2-4-6-14/h2-6,12-13H,7-11H2,1H3. The molecule has 1 amide bonds. The van der Waals surface area contributed by atoms with Crippen molar-refractivity contribution in [1.29, 1.82) is 0 Å². The van der Waals surface area contributed by atoms with E-state index in [1.165, 1.54) is 0 Å². The van der Waals surface area contributed by atoms with Gasteiger partial charge in [-0.05, 0) is 30.9 Å². The van der Waals surface area contributed by atoms with Crippen molar-refractivity contribution in [2.45, 2.75) is 24.6 Å². The highest BCUT2D eigenvalue weighted by atomic mass is 79.9. The van der Waals surface area contributed by atoms with E-state index in [2.05, 4.69) is 22.9 Å². The third kappa shape index (κ3) is 4.23. The van der Waals surface area contributed by atoms with Gasteiger partial charge in [0.05, 0.1) is 0 Å². The summed E-state index contributed by atoms with van der Waals surface area (Å²) in [7, 11) is 0. The average molecular weight is 326 g/mol. The fourth-order valence-electron chi connectivity index (χ4n) is 2.36. The van der Waals surface area contributed by atoms with Crippen LogP contribution in [0.25, 0.3) is 0 Å². The Balaban J connectivity index is 1.76. The second-order valence-electron chi connectivity index (χ2n) is 5.00. The molecular weight excluding hydrogens is 306 g/mol. The predicted molar refractivity (Wildman–Crippen MR) is 79.6 cm³/mol. The molecule has 3 nitrogen and oxygen atoms in total. The molecule has 1 atom stereocenters. The smallest absolute Gasteiger partial charge is 0.260 e. The van der Waals surface area contributed by atoms with Gasteiger partial charge in [0, 0.05) is 17.9 Å². The summed E-state index contributed by atoms with van der Waals surface area (Å²) in [6.45, 7) is 4.01. The zero-order valence-corrected chi connectivity index (χ0v) is 12.8. The number of alkyl halides is 1. The average Bonchev–Trinajstić information content (AvgIpc) is 2.46. The monoisotopic (exact) mass is 325 g/mol. The minimum atomic E-state index is 0.0875. The molecule has 1 saturated heterocycles. The van der Waals surface area contributed by atoms with Crippen molar-refractivity contribution in [1.82, 2.24) is 4.90 Å². The van der Waals surface area contributed by atoms with Crippen molar-refractivity contribution in [2.75, 3.05) is 19.7 Å². The first-order valence-electron chi connectivity index (χ1n) is 6.76. The SMILES string of the molecule is CC(Br)C1CCN(C(=O)COc2ccccc2)CC1. The van der Waals surface area contributed by atoms with Crippen LogP contribution in [0.1, 0.15) is 19.8 Å². The van der Waals surface area contributed by atoms with Crippen LogP contribution in [0.3, 0.4) is 0 Å². The largest absolute Gasteiger partial charge is 0.484 e. The van der Waals surface area contributed by atoms with Crippen molar-refractivity contribution in [3.63, 3.8) is 0 Å². The van der Waals surface area contributed by atoms with Gasteiger partial charge in [0.25, 0.3) is 5.91 Å². The number of carbonyl (C=O) groups is 1. The molecule has 0 saturated carbocycles. The molecule has 104 valence electrons. The molecule has 0 N–H and O–H groups in total. The number of para-hydroxylation sites is 1. The number of rotatable bonds is 4. The van der Waals surface area contributed by atoms with Crippen LogP contribution >= 0.6 is 15.9 Å². The first kappa shape index (κ1) is 14.4. The van der Waals surface area contributed by atoms with Crippen LogP contribution in [0, 0.1) is 5.92 Å². The van der Waals surface area contributed by atoms with Crippen LogP contribution in [0.4, 0.5) is 0 Å². The van der Waals surface area contributed by atoms with Gasteiger partial charge in [-0.1, -0.05) is 41.1 Å². The number of hydrogen-bond acceptors (Lipinski definition) is 2. The second kappa shape index (κ2) is 6.94. The van der Waals surface area contributed by atoms with Gasteiger partial charge in [0.2, 0.25) is 0 Å². The van der Waals surface area contributed by atoms with Crippen LogP contribution in [0.15, 0.2) is 30.3 Å². The van der Waals surface area contributed by atoms with E-state index in [1.54, 1.807) is 0 Å². The fraction of sp³-hybridized carbons (Fsp3) is 0.533. The van der Waals surface area contributed by atoms with E-state index in [0.717, 1.165) is 31.7 Å². The van der Waals surface area contributed by atoms with Crippen molar-refractivity contribution >= 4 is 21.8 Å². The molecule has 1 heterocycles. The highest BCUT2D eigenvalue weighted by Gasteiger charge is 2.25. The lowest BCUT2D eigenvalue weighted by molar-refractivity contribution is -0.134. The molecule has 1 aliphatic heterocycles. The summed E-state index contributed by atoms with van der Waals surface area (Å²) in [6, 6.07) is 9.48. The number of likely N-dealkylation sites (tertiary alicyclic amines) is 1. The molecule has 1 aliphatic rings. The number of carbonyl (C=O) groups excluding carboxylic acids is 1. The van der Waals surface area contributed by atoms with Crippen LogP contribution in [0.2, 0.25) is 0 Å².